The lowest BCUT2D eigenvalue weighted by atomic mass is 9.91. The number of nitrogens with zero attached hydrogens (tertiary/aromatic N) is 3. The van der Waals surface area contributed by atoms with E-state index in [0.29, 0.717) is 44.1 Å². The number of carbonyl (C=O) groups is 2. The summed E-state index contributed by atoms with van der Waals surface area (Å²) in [6.07, 6.45) is 5.52. The highest BCUT2D eigenvalue weighted by Crippen LogP contribution is 2.46. The summed E-state index contributed by atoms with van der Waals surface area (Å²) >= 11 is 1.27. The van der Waals surface area contributed by atoms with Crippen molar-refractivity contribution < 1.29 is 14.3 Å². The second-order valence-electron chi connectivity index (χ2n) is 9.28. The van der Waals surface area contributed by atoms with Crippen LogP contribution >= 0.6 is 11.3 Å². The first-order valence-corrected chi connectivity index (χ1v) is 13.1. The molecule has 1 aliphatic heterocycles. The van der Waals surface area contributed by atoms with E-state index in [4.69, 9.17) is 10.5 Å². The van der Waals surface area contributed by atoms with Crippen LogP contribution in [0.4, 0.5) is 21.9 Å². The van der Waals surface area contributed by atoms with Gasteiger partial charge in [-0.1, -0.05) is 31.0 Å². The third kappa shape index (κ3) is 4.28. The van der Waals surface area contributed by atoms with Gasteiger partial charge in [0, 0.05) is 24.3 Å². The van der Waals surface area contributed by atoms with Crippen molar-refractivity contribution in [1.82, 2.24) is 15.3 Å². The standard InChI is InChI=1S/C27H26N6O3S/c1-15-19(11-12-21(30-15)36-16-7-3-2-4-8-16)33-20-13-14-29-26-22(20)23(32-27(33)35)24(37-26)25(34)31-18-10-6-5-9-17(18)28/h2-4,7-8,11-14,17-18H,5-6,9-10,28H2,1H3,(H,31,34)(H,32,35)/t17-,18-/m1/s1. The predicted octanol–water partition coefficient (Wildman–Crippen LogP) is 5.48. The summed E-state index contributed by atoms with van der Waals surface area (Å²) in [5.41, 5.74) is 8.61. The summed E-state index contributed by atoms with van der Waals surface area (Å²) < 4.78 is 5.85. The predicted molar refractivity (Wildman–Crippen MR) is 144 cm³/mol. The summed E-state index contributed by atoms with van der Waals surface area (Å²) in [6, 6.07) is 14.2. The zero-order valence-corrected chi connectivity index (χ0v) is 21.0. The molecule has 0 unspecified atom stereocenters. The molecule has 9 nitrogen and oxygen atoms in total. The lowest BCUT2D eigenvalue weighted by Gasteiger charge is -2.30. The van der Waals surface area contributed by atoms with Crippen molar-refractivity contribution in [2.45, 2.75) is 44.7 Å². The lowest BCUT2D eigenvalue weighted by Crippen LogP contribution is -2.49. The molecule has 2 aliphatic rings. The van der Waals surface area contributed by atoms with Crippen LogP contribution in [-0.2, 0) is 0 Å². The summed E-state index contributed by atoms with van der Waals surface area (Å²) in [4.78, 5) is 38.4. The average molecular weight is 515 g/mol. The van der Waals surface area contributed by atoms with Gasteiger partial charge in [0.25, 0.3) is 5.91 Å². The van der Waals surface area contributed by atoms with E-state index in [1.807, 2.05) is 43.3 Å². The van der Waals surface area contributed by atoms with Crippen LogP contribution in [0.15, 0.2) is 54.7 Å². The van der Waals surface area contributed by atoms with Crippen molar-refractivity contribution in [3.05, 3.63) is 65.3 Å². The van der Waals surface area contributed by atoms with Gasteiger partial charge in [-0.05, 0) is 44.0 Å². The summed E-state index contributed by atoms with van der Waals surface area (Å²) in [6.45, 7) is 1.83. The van der Waals surface area contributed by atoms with Crippen LogP contribution in [0, 0.1) is 6.92 Å². The molecule has 0 saturated heterocycles. The summed E-state index contributed by atoms with van der Waals surface area (Å²) in [5.74, 6) is 0.873. The fraction of sp³-hybridized carbons (Fsp3) is 0.259. The molecule has 1 aromatic carbocycles. The molecule has 4 heterocycles. The van der Waals surface area contributed by atoms with Crippen LogP contribution in [0.3, 0.4) is 0 Å². The second kappa shape index (κ2) is 9.45. The van der Waals surface area contributed by atoms with Gasteiger partial charge in [0.2, 0.25) is 5.88 Å². The molecular formula is C27H26N6O3S. The highest BCUT2D eigenvalue weighted by Gasteiger charge is 2.34. The van der Waals surface area contributed by atoms with Crippen molar-refractivity contribution in [1.29, 1.82) is 0 Å². The van der Waals surface area contributed by atoms with Gasteiger partial charge < -0.3 is 21.1 Å². The minimum Gasteiger partial charge on any atom is -0.439 e. The number of hydrogen-bond donors (Lipinski definition) is 3. The minimum absolute atomic E-state index is 0.0634. The number of amides is 3. The summed E-state index contributed by atoms with van der Waals surface area (Å²) in [5, 5.41) is 6.76. The van der Waals surface area contributed by atoms with Gasteiger partial charge in [-0.15, -0.1) is 11.3 Å². The van der Waals surface area contributed by atoms with E-state index in [0.717, 1.165) is 31.1 Å². The van der Waals surface area contributed by atoms with Gasteiger partial charge in [-0.25, -0.2) is 14.8 Å². The number of urea groups is 1. The Bertz CT molecular complexity index is 1510. The summed E-state index contributed by atoms with van der Waals surface area (Å²) in [7, 11) is 0. The van der Waals surface area contributed by atoms with Gasteiger partial charge in [0.15, 0.2) is 0 Å². The third-order valence-electron chi connectivity index (χ3n) is 6.83. The van der Waals surface area contributed by atoms with Crippen molar-refractivity contribution in [3.63, 3.8) is 0 Å². The topological polar surface area (TPSA) is 122 Å². The van der Waals surface area contributed by atoms with E-state index in [1.165, 1.54) is 11.3 Å². The molecule has 1 saturated carbocycles. The number of aryl methyl sites for hydroxylation is 1. The fourth-order valence-corrected chi connectivity index (χ4v) is 6.01. The molecule has 3 amide bonds. The Balaban J connectivity index is 1.34. The Labute approximate surface area is 217 Å². The van der Waals surface area contributed by atoms with Gasteiger partial charge in [0.1, 0.15) is 15.5 Å². The SMILES string of the molecule is Cc1nc(Oc2ccccc2)ccc1N1C(=O)Nc2c(C(=O)N[C@@H]3CCCC[C@H]3N)sc3nccc1c23. The molecule has 0 spiro atoms. The maximum absolute atomic E-state index is 13.4. The number of rotatable bonds is 5. The van der Waals surface area contributed by atoms with Crippen molar-refractivity contribution in [2.24, 2.45) is 5.73 Å². The molecule has 37 heavy (non-hydrogen) atoms. The van der Waals surface area contributed by atoms with E-state index in [1.54, 1.807) is 23.2 Å². The van der Waals surface area contributed by atoms with Crippen LogP contribution in [0.25, 0.3) is 10.2 Å². The van der Waals surface area contributed by atoms with Crippen LogP contribution in [-0.4, -0.2) is 34.0 Å². The number of pyridine rings is 2. The molecule has 10 heteroatoms. The molecule has 1 aliphatic carbocycles. The van der Waals surface area contributed by atoms with E-state index >= 15 is 0 Å². The first-order chi connectivity index (χ1) is 18.0. The van der Waals surface area contributed by atoms with Crippen molar-refractivity contribution >= 4 is 50.6 Å². The van der Waals surface area contributed by atoms with Crippen molar-refractivity contribution in [2.75, 3.05) is 10.2 Å². The zero-order chi connectivity index (χ0) is 25.5. The van der Waals surface area contributed by atoms with Crippen LogP contribution in [0.5, 0.6) is 11.6 Å². The molecule has 0 radical (unpaired) electrons. The van der Waals surface area contributed by atoms with Gasteiger partial charge in [-0.3, -0.25) is 9.69 Å². The number of para-hydroxylation sites is 1. The number of nitrogens with one attached hydrogen (secondary N) is 2. The molecule has 2 atom stereocenters. The molecule has 4 N–H and O–H groups in total. The molecule has 1 fully saturated rings. The third-order valence-corrected chi connectivity index (χ3v) is 7.92. The first kappa shape index (κ1) is 23.4. The molecule has 188 valence electrons. The van der Waals surface area contributed by atoms with Crippen molar-refractivity contribution in [3.8, 4) is 11.6 Å². The minimum atomic E-state index is -0.372. The monoisotopic (exact) mass is 514 g/mol. The van der Waals surface area contributed by atoms with E-state index in [2.05, 4.69) is 20.6 Å². The number of ether oxygens (including phenoxy) is 1. The van der Waals surface area contributed by atoms with Gasteiger partial charge in [-0.2, -0.15) is 0 Å². The molecule has 6 rings (SSSR count). The second-order valence-corrected chi connectivity index (χ2v) is 10.3. The number of thiophene rings is 1. The smallest absolute Gasteiger partial charge is 0.331 e. The van der Waals surface area contributed by atoms with E-state index in [9.17, 15) is 9.59 Å². The molecule has 3 aromatic heterocycles. The lowest BCUT2D eigenvalue weighted by molar-refractivity contribution is 0.0926. The van der Waals surface area contributed by atoms with E-state index in [-0.39, 0.29) is 24.0 Å². The number of anilines is 3. The quantitative estimate of drug-likeness (QED) is 0.324. The zero-order valence-electron chi connectivity index (χ0n) is 20.2. The maximum Gasteiger partial charge on any atom is 0.331 e. The van der Waals surface area contributed by atoms with Crippen LogP contribution in [0.2, 0.25) is 0 Å². The average Bonchev–Trinajstić information content (AvgIpc) is 3.26. The van der Waals surface area contributed by atoms with Crippen LogP contribution in [0.1, 0.15) is 41.0 Å². The van der Waals surface area contributed by atoms with Gasteiger partial charge in [0.05, 0.1) is 28.1 Å². The largest absolute Gasteiger partial charge is 0.439 e. The Morgan fingerprint density at radius 3 is 2.73 bits per heavy atom. The maximum atomic E-state index is 13.4. The highest BCUT2D eigenvalue weighted by molar-refractivity contribution is 7.21. The first-order valence-electron chi connectivity index (χ1n) is 12.3. The number of benzene rings is 1. The Morgan fingerprint density at radius 2 is 1.95 bits per heavy atom. The Kier molecular flexibility index (Phi) is 5.97. The molecule has 0 bridgehead atoms. The Hall–Kier alpha value is -4.02. The highest BCUT2D eigenvalue weighted by atomic mass is 32.1. The number of hydrogen-bond acceptors (Lipinski definition) is 7. The van der Waals surface area contributed by atoms with E-state index < -0.39 is 0 Å². The van der Waals surface area contributed by atoms with Crippen LogP contribution < -0.4 is 26.0 Å². The number of nitrogens with two attached hydrogens (primary N) is 1. The fourth-order valence-electron chi connectivity index (χ4n) is 4.99. The Morgan fingerprint density at radius 1 is 1.14 bits per heavy atom. The molecular weight excluding hydrogens is 488 g/mol. The van der Waals surface area contributed by atoms with Gasteiger partial charge >= 0.3 is 6.03 Å². The normalized spacial score (nSPS) is 19.0. The molecule has 4 aromatic rings. The number of carbonyl (C=O) groups excluding carboxylic acids is 2. The number of aromatic nitrogens is 2.